The van der Waals surface area contributed by atoms with Crippen LogP contribution in [0.4, 0.5) is 9.59 Å². The molecular weight excluding hydrogens is 1010 g/mol. The number of ether oxygens (including phenoxy) is 2. The van der Waals surface area contributed by atoms with Gasteiger partial charge in [-0.3, -0.25) is 28.9 Å². The topological polar surface area (TPSA) is 184 Å². The Bertz CT molecular complexity index is 1660. The van der Waals surface area contributed by atoms with Gasteiger partial charge in [-0.15, -0.1) is 0 Å². The van der Waals surface area contributed by atoms with E-state index in [2.05, 4.69) is 71.3 Å². The number of nitrogens with one attached hydrogen (secondary N) is 3. The van der Waals surface area contributed by atoms with Gasteiger partial charge < -0.3 is 35.2 Å². The van der Waals surface area contributed by atoms with Crippen LogP contribution in [0.1, 0.15) is 270 Å². The molecule has 0 aromatic carbocycles. The Labute approximate surface area is 489 Å². The van der Waals surface area contributed by atoms with E-state index in [1.54, 1.807) is 0 Å². The molecule has 3 atom stereocenters. The fourth-order valence-electron chi connectivity index (χ4n) is 9.58. The molecule has 0 aromatic heterocycles. The maximum absolute atomic E-state index is 13.4. The first kappa shape index (κ1) is 75.8. The zero-order chi connectivity index (χ0) is 60.4. The number of hydrogen-bond acceptors (Lipinski definition) is 9. The Hall–Kier alpha value is -4.17. The number of carbonyl (C=O) groups excluding carboxylic acids is 7. The second-order valence-corrected chi connectivity index (χ2v) is 25.8. The molecule has 3 N–H and O–H groups in total. The van der Waals surface area contributed by atoms with Crippen LogP contribution < -0.4 is 16.0 Å². The Morgan fingerprint density at radius 3 is 1.32 bits per heavy atom. The number of hydrogen-bond donors (Lipinski definition) is 3. The number of nitrogens with zero attached hydrogens (tertiary/aromatic N) is 3. The molecule has 15 heteroatoms. The van der Waals surface area contributed by atoms with E-state index in [0.29, 0.717) is 70.4 Å². The van der Waals surface area contributed by atoms with E-state index >= 15 is 0 Å². The summed E-state index contributed by atoms with van der Waals surface area (Å²) >= 11 is 0. The summed E-state index contributed by atoms with van der Waals surface area (Å²) in [5.41, 5.74) is -1.15. The zero-order valence-electron chi connectivity index (χ0n) is 53.8. The summed E-state index contributed by atoms with van der Waals surface area (Å²) < 4.78 is 11.7. The molecule has 0 saturated carbocycles. The van der Waals surface area contributed by atoms with E-state index < -0.39 is 11.2 Å². The number of imide groups is 1. The van der Waals surface area contributed by atoms with E-state index in [1.165, 1.54) is 76.4 Å². The fraction of sp³-hybridized carbons (Fsp3) is 0.862. The van der Waals surface area contributed by atoms with E-state index in [9.17, 15) is 33.6 Å². The minimum Gasteiger partial charge on any atom is -0.444 e. The number of unbranched alkanes of at least 4 members (excludes halogenated alkanes) is 9. The number of amides is 7. The largest absolute Gasteiger partial charge is 0.444 e. The van der Waals surface area contributed by atoms with Crippen LogP contribution in [0, 0.1) is 29.6 Å². The van der Waals surface area contributed by atoms with Gasteiger partial charge in [-0.25, -0.2) is 9.59 Å². The third-order valence-corrected chi connectivity index (χ3v) is 14.5. The van der Waals surface area contributed by atoms with Crippen LogP contribution in [0.25, 0.3) is 0 Å². The van der Waals surface area contributed by atoms with Gasteiger partial charge in [0.2, 0.25) is 17.7 Å². The van der Waals surface area contributed by atoms with Gasteiger partial charge >= 0.3 is 12.2 Å². The summed E-state index contributed by atoms with van der Waals surface area (Å²) in [5, 5.41) is 8.61. The van der Waals surface area contributed by atoms with Gasteiger partial charge in [0.15, 0.2) is 0 Å². The highest BCUT2D eigenvalue weighted by Crippen LogP contribution is 2.24. The van der Waals surface area contributed by atoms with Crippen LogP contribution in [0.2, 0.25) is 0 Å². The first-order valence-electron chi connectivity index (χ1n) is 32.1. The molecule has 466 valence electrons. The molecule has 0 aromatic rings. The lowest BCUT2D eigenvalue weighted by molar-refractivity contribution is -0.137. The van der Waals surface area contributed by atoms with Gasteiger partial charge in [0.05, 0.1) is 0 Å². The van der Waals surface area contributed by atoms with Crippen molar-refractivity contribution in [3.8, 4) is 0 Å². The quantitative estimate of drug-likeness (QED) is 0.0395. The number of carbonyl (C=O) groups is 7. The smallest absolute Gasteiger partial charge is 0.410 e. The highest BCUT2D eigenvalue weighted by atomic mass is 16.6. The number of rotatable bonds is 44. The van der Waals surface area contributed by atoms with Crippen LogP contribution in [0.15, 0.2) is 12.2 Å². The van der Waals surface area contributed by atoms with E-state index in [-0.39, 0.29) is 60.6 Å². The second-order valence-electron chi connectivity index (χ2n) is 25.8. The third kappa shape index (κ3) is 43.5. The molecule has 0 saturated heterocycles. The standard InChI is InChI=1S/C49H97N3O5.C16H25N3O4/c1-13-16-25-37-51(46(54)56-48(7,8)9)39-44(40-52(38-26-17-14-2)47(55)57-49(10,11)12)33-21-19-20-24-36-50-45(53)35-34-43(6)32-27-31-42(5)30-23-22-29-41(4)28-18-15-3;1-12(2)5-6-14(21)18-10-9-17-13(20)4-3-11-19-15(22)7-8-16(19)23/h41-44H,13-40H2,1-12H3,(H,50,53);7-8,12H,3-6,9-11H2,1-2H3,(H,17,20)(H,18,21). The van der Waals surface area contributed by atoms with Crippen molar-refractivity contribution >= 4 is 41.7 Å². The SMILES string of the molecule is CC(C)CCC(=O)NCCNC(=O)CCCN1C(=O)C=CC1=O.CCCCCN(CC(CCCCCCNC(=O)CCC(C)CCCC(C)CCCCC(C)CCCC)CN(CCCCC)C(=O)OC(C)(C)C)C(=O)OC(C)(C)C. The summed E-state index contributed by atoms with van der Waals surface area (Å²) in [6, 6.07) is 0. The van der Waals surface area contributed by atoms with Crippen molar-refractivity contribution in [3.63, 3.8) is 0 Å². The van der Waals surface area contributed by atoms with Gasteiger partial charge in [-0.05, 0) is 116 Å². The maximum Gasteiger partial charge on any atom is 0.410 e. The summed E-state index contributed by atoms with van der Waals surface area (Å²) in [6.07, 6.45) is 29.9. The molecule has 15 nitrogen and oxygen atoms in total. The van der Waals surface area contributed by atoms with Crippen molar-refractivity contribution in [2.75, 3.05) is 52.4 Å². The molecule has 1 rings (SSSR count). The van der Waals surface area contributed by atoms with E-state index in [4.69, 9.17) is 9.47 Å². The molecular formula is C65H122N6O9. The average molecular weight is 1130 g/mol. The lowest BCUT2D eigenvalue weighted by Crippen LogP contribution is -2.45. The second kappa shape index (κ2) is 45.4. The molecule has 1 heterocycles. The van der Waals surface area contributed by atoms with Crippen molar-refractivity contribution in [3.05, 3.63) is 12.2 Å². The first-order chi connectivity index (χ1) is 37.8. The molecule has 80 heavy (non-hydrogen) atoms. The molecule has 0 radical (unpaired) electrons. The predicted molar refractivity (Wildman–Crippen MR) is 328 cm³/mol. The minimum absolute atomic E-state index is 0.00786. The third-order valence-electron chi connectivity index (χ3n) is 14.5. The van der Waals surface area contributed by atoms with Crippen molar-refractivity contribution in [1.82, 2.24) is 30.7 Å². The Morgan fingerprint density at radius 2 is 0.863 bits per heavy atom. The Kier molecular flexibility index (Phi) is 43.0. The van der Waals surface area contributed by atoms with Crippen molar-refractivity contribution < 1.29 is 43.0 Å². The Balaban J connectivity index is 0.00000224. The maximum atomic E-state index is 13.4. The summed E-state index contributed by atoms with van der Waals surface area (Å²) in [7, 11) is 0. The van der Waals surface area contributed by atoms with E-state index in [1.807, 2.05) is 51.3 Å². The zero-order valence-corrected chi connectivity index (χ0v) is 53.8. The summed E-state index contributed by atoms with van der Waals surface area (Å²) in [5.74, 6) is 2.22. The van der Waals surface area contributed by atoms with Crippen LogP contribution >= 0.6 is 0 Å². The van der Waals surface area contributed by atoms with Gasteiger partial charge in [-0.1, -0.05) is 165 Å². The van der Waals surface area contributed by atoms with Gasteiger partial charge in [0.25, 0.3) is 11.8 Å². The minimum atomic E-state index is -0.573. The van der Waals surface area contributed by atoms with Crippen molar-refractivity contribution in [1.29, 1.82) is 0 Å². The highest BCUT2D eigenvalue weighted by Gasteiger charge is 2.29. The Morgan fingerprint density at radius 1 is 0.463 bits per heavy atom. The molecule has 3 unspecified atom stereocenters. The fourth-order valence-corrected chi connectivity index (χ4v) is 9.58. The van der Waals surface area contributed by atoms with Crippen molar-refractivity contribution in [2.24, 2.45) is 29.6 Å². The monoisotopic (exact) mass is 1130 g/mol. The predicted octanol–water partition coefficient (Wildman–Crippen LogP) is 14.5. The van der Waals surface area contributed by atoms with Crippen LogP contribution in [0.3, 0.4) is 0 Å². The molecule has 1 aliphatic rings. The van der Waals surface area contributed by atoms with Gasteiger partial charge in [-0.2, -0.15) is 0 Å². The molecule has 1 aliphatic heterocycles. The molecule has 0 bridgehead atoms. The lowest BCUT2D eigenvalue weighted by Gasteiger charge is -2.34. The van der Waals surface area contributed by atoms with Gasteiger partial charge in [0.1, 0.15) is 11.2 Å². The first-order valence-corrected chi connectivity index (χ1v) is 32.1. The molecule has 0 spiro atoms. The van der Waals surface area contributed by atoms with Gasteiger partial charge in [0, 0.05) is 83.8 Å². The lowest BCUT2D eigenvalue weighted by atomic mass is 9.91. The average Bonchev–Trinajstić information content (AvgIpc) is 3.70. The molecule has 7 amide bonds. The van der Waals surface area contributed by atoms with Crippen LogP contribution in [-0.4, -0.2) is 120 Å². The molecule has 0 fully saturated rings. The summed E-state index contributed by atoms with van der Waals surface area (Å²) in [6.45, 7) is 33.5. The molecule has 0 aliphatic carbocycles. The normalized spacial score (nSPS) is 13.7. The van der Waals surface area contributed by atoms with Crippen LogP contribution in [-0.2, 0) is 33.4 Å². The van der Waals surface area contributed by atoms with E-state index in [0.717, 1.165) is 107 Å². The van der Waals surface area contributed by atoms with Crippen molar-refractivity contribution in [2.45, 2.75) is 281 Å². The highest BCUT2D eigenvalue weighted by molar-refractivity contribution is 6.12. The van der Waals surface area contributed by atoms with Crippen LogP contribution in [0.5, 0.6) is 0 Å². The summed E-state index contributed by atoms with van der Waals surface area (Å²) in [4.78, 5) is 90.0.